The van der Waals surface area contributed by atoms with Gasteiger partial charge in [-0.25, -0.2) is 23.2 Å². The minimum Gasteiger partial charge on any atom is -0.339 e. The van der Waals surface area contributed by atoms with Gasteiger partial charge in [0.25, 0.3) is 5.56 Å². The Bertz CT molecular complexity index is 634. The summed E-state index contributed by atoms with van der Waals surface area (Å²) in [6.07, 6.45) is 5.70. The van der Waals surface area contributed by atoms with E-state index in [-0.39, 0.29) is 5.56 Å². The van der Waals surface area contributed by atoms with Crippen molar-refractivity contribution in [1.82, 2.24) is 9.55 Å². The van der Waals surface area contributed by atoms with Crippen LogP contribution < -0.4 is 28.8 Å². The van der Waals surface area contributed by atoms with Crippen molar-refractivity contribution < 1.29 is 33.4 Å². The van der Waals surface area contributed by atoms with Gasteiger partial charge >= 0.3 is 0 Å². The van der Waals surface area contributed by atoms with Gasteiger partial charge in [0.05, 0.1) is 0 Å². The summed E-state index contributed by atoms with van der Waals surface area (Å²) in [5.74, 6) is 0.729. The highest BCUT2D eigenvalue weighted by atomic mass is 35.7. The maximum atomic E-state index is 11.7. The zero-order chi connectivity index (χ0) is 16.0. The molecular formula is C12H14ClN3O5. The largest absolute Gasteiger partial charge is 0.339 e. The van der Waals surface area contributed by atoms with Gasteiger partial charge in [-0.05, 0) is 6.92 Å². The van der Waals surface area contributed by atoms with Crippen LogP contribution in [0.1, 0.15) is 11.4 Å². The molecule has 0 aliphatic heterocycles. The van der Waals surface area contributed by atoms with Crippen LogP contribution in [-0.2, 0) is 13.6 Å². The number of aromatic nitrogens is 3. The smallest absolute Gasteiger partial charge is 0.282 e. The van der Waals surface area contributed by atoms with Crippen LogP contribution in [0, 0.1) is 17.2 Å². The van der Waals surface area contributed by atoms with Gasteiger partial charge in [0.15, 0.2) is 18.9 Å². The Morgan fingerprint density at radius 1 is 1.19 bits per heavy atom. The number of hydrogen-bond donors (Lipinski definition) is 0. The topological polar surface area (TPSA) is 131 Å². The fraction of sp³-hybridized carbons (Fsp3) is 0.250. The lowest BCUT2D eigenvalue weighted by atomic mass is 10.3. The Morgan fingerprint density at radius 3 is 2.24 bits per heavy atom. The second kappa shape index (κ2) is 7.25. The summed E-state index contributed by atoms with van der Waals surface area (Å²) in [5, 5.41) is 0. The van der Waals surface area contributed by atoms with E-state index in [9.17, 15) is 4.79 Å². The summed E-state index contributed by atoms with van der Waals surface area (Å²) in [6.45, 7) is 2.38. The molecule has 0 radical (unpaired) electrons. The van der Waals surface area contributed by atoms with Crippen LogP contribution in [0.4, 0.5) is 0 Å². The van der Waals surface area contributed by atoms with E-state index >= 15 is 0 Å². The lowest BCUT2D eigenvalue weighted by molar-refractivity contribution is -2.00. The number of hydrogen-bond acceptors (Lipinski definition) is 6. The Morgan fingerprint density at radius 2 is 1.71 bits per heavy atom. The van der Waals surface area contributed by atoms with Crippen molar-refractivity contribution in [1.29, 1.82) is 0 Å². The average molecular weight is 316 g/mol. The van der Waals surface area contributed by atoms with Crippen molar-refractivity contribution in [2.24, 2.45) is 7.05 Å². The Kier molecular flexibility index (Phi) is 5.94. The SMILES string of the molecule is Cc1nc(=O)c(C[n+]2ccccc2)cn1C.[O-][Cl+3]([O-])([O-])[O-]. The first kappa shape index (κ1) is 17.2. The fourth-order valence-electron chi connectivity index (χ4n) is 1.52. The third kappa shape index (κ3) is 6.93. The molecule has 0 fully saturated rings. The number of halogens is 1. The van der Waals surface area contributed by atoms with Crippen LogP contribution >= 0.6 is 0 Å². The van der Waals surface area contributed by atoms with Crippen LogP contribution in [0.15, 0.2) is 41.6 Å². The second-order valence-corrected chi connectivity index (χ2v) is 4.91. The molecule has 21 heavy (non-hydrogen) atoms. The first-order chi connectivity index (χ1) is 9.66. The van der Waals surface area contributed by atoms with E-state index in [2.05, 4.69) is 4.98 Å². The molecule has 2 aromatic rings. The molecule has 0 bridgehead atoms. The zero-order valence-electron chi connectivity index (χ0n) is 11.4. The van der Waals surface area contributed by atoms with Crippen molar-refractivity contribution in [3.8, 4) is 0 Å². The van der Waals surface area contributed by atoms with E-state index in [1.807, 2.05) is 59.9 Å². The molecule has 0 aliphatic carbocycles. The third-order valence-electron chi connectivity index (χ3n) is 2.53. The van der Waals surface area contributed by atoms with Crippen LogP contribution in [0.25, 0.3) is 0 Å². The molecule has 2 aromatic heterocycles. The van der Waals surface area contributed by atoms with Gasteiger partial charge in [-0.3, -0.25) is 4.79 Å². The average Bonchev–Trinajstić information content (AvgIpc) is 2.35. The van der Waals surface area contributed by atoms with Gasteiger partial charge in [0.1, 0.15) is 11.4 Å². The van der Waals surface area contributed by atoms with Gasteiger partial charge in [-0.2, -0.15) is 4.98 Å². The highest BCUT2D eigenvalue weighted by Crippen LogP contribution is 1.93. The number of nitrogens with zero attached hydrogens (tertiary/aromatic N) is 3. The quantitative estimate of drug-likeness (QED) is 0.515. The van der Waals surface area contributed by atoms with Crippen LogP contribution in [0.3, 0.4) is 0 Å². The normalized spacial score (nSPS) is 10.8. The Balaban J connectivity index is 0.000000383. The maximum Gasteiger partial charge on any atom is 0.282 e. The summed E-state index contributed by atoms with van der Waals surface area (Å²) in [7, 11) is -3.05. The molecule has 0 amide bonds. The van der Waals surface area contributed by atoms with Crippen LogP contribution in [-0.4, -0.2) is 9.55 Å². The van der Waals surface area contributed by atoms with E-state index in [0.29, 0.717) is 12.1 Å². The Hall–Kier alpha value is -1.84. The summed E-state index contributed by atoms with van der Waals surface area (Å²) in [5.41, 5.74) is 0.552. The minimum absolute atomic E-state index is 0.146. The molecule has 0 N–H and O–H groups in total. The van der Waals surface area contributed by atoms with Crippen LogP contribution in [0.5, 0.6) is 0 Å². The Labute approximate surface area is 122 Å². The van der Waals surface area contributed by atoms with Gasteiger partial charge < -0.3 is 4.57 Å². The molecule has 0 spiro atoms. The van der Waals surface area contributed by atoms with E-state index in [4.69, 9.17) is 18.6 Å². The van der Waals surface area contributed by atoms with Gasteiger partial charge in [-0.1, -0.05) is 6.07 Å². The zero-order valence-corrected chi connectivity index (χ0v) is 12.2. The van der Waals surface area contributed by atoms with E-state index < -0.39 is 10.2 Å². The fourth-order valence-corrected chi connectivity index (χ4v) is 1.52. The number of pyridine rings is 1. The highest BCUT2D eigenvalue weighted by Gasteiger charge is 2.08. The van der Waals surface area contributed by atoms with Crippen molar-refractivity contribution >= 4 is 0 Å². The van der Waals surface area contributed by atoms with Crippen molar-refractivity contribution in [2.75, 3.05) is 0 Å². The van der Waals surface area contributed by atoms with Gasteiger partial charge in [-0.15, -0.1) is 10.2 Å². The molecule has 0 aromatic carbocycles. The number of aryl methyl sites for hydroxylation is 2. The number of rotatable bonds is 2. The molecule has 114 valence electrons. The monoisotopic (exact) mass is 315 g/mol. The second-order valence-electron chi connectivity index (χ2n) is 4.16. The predicted octanol–water partition coefficient (Wildman–Crippen LogP) is -4.33. The summed E-state index contributed by atoms with van der Waals surface area (Å²) >= 11 is 0. The molecule has 0 atom stereocenters. The van der Waals surface area contributed by atoms with Gasteiger partial charge in [0, 0.05) is 25.4 Å². The lowest BCUT2D eigenvalue weighted by Crippen LogP contribution is -2.68. The van der Waals surface area contributed by atoms with E-state index in [1.165, 1.54) is 0 Å². The molecule has 2 heterocycles. The van der Waals surface area contributed by atoms with Crippen molar-refractivity contribution in [2.45, 2.75) is 13.5 Å². The van der Waals surface area contributed by atoms with Crippen molar-refractivity contribution in [3.05, 3.63) is 58.5 Å². The van der Waals surface area contributed by atoms with Crippen LogP contribution in [0.2, 0.25) is 0 Å². The maximum absolute atomic E-state index is 11.7. The molecule has 0 saturated heterocycles. The highest BCUT2D eigenvalue weighted by molar-refractivity contribution is 5.05. The molecule has 0 aliphatic rings. The molecule has 0 unspecified atom stereocenters. The molecule has 0 saturated carbocycles. The summed E-state index contributed by atoms with van der Waals surface area (Å²) < 4.78 is 37.8. The molecule has 2 rings (SSSR count). The van der Waals surface area contributed by atoms with Crippen molar-refractivity contribution in [3.63, 3.8) is 0 Å². The van der Waals surface area contributed by atoms with Gasteiger partial charge in [0.2, 0.25) is 0 Å². The summed E-state index contributed by atoms with van der Waals surface area (Å²) in [4.78, 5) is 15.6. The molecule has 8 nitrogen and oxygen atoms in total. The standard InChI is InChI=1S/C12H14N3O.ClHO4/c1-10-13-12(16)11(8-14(10)2)9-15-6-4-3-5-7-15;2-1(3,4)5/h3-8H,9H2,1-2H3;(H,2,3,4,5)/q+1;/p-1. The summed E-state index contributed by atoms with van der Waals surface area (Å²) in [6, 6.07) is 5.82. The lowest BCUT2D eigenvalue weighted by Gasteiger charge is -2.17. The predicted molar refractivity (Wildman–Crippen MR) is 60.0 cm³/mol. The van der Waals surface area contributed by atoms with E-state index in [1.54, 1.807) is 0 Å². The third-order valence-corrected chi connectivity index (χ3v) is 2.53. The molecule has 9 heteroatoms. The minimum atomic E-state index is -4.94. The first-order valence-electron chi connectivity index (χ1n) is 5.76. The molecular weight excluding hydrogens is 302 g/mol. The first-order valence-corrected chi connectivity index (χ1v) is 6.99. The van der Waals surface area contributed by atoms with E-state index in [0.717, 1.165) is 5.82 Å².